The summed E-state index contributed by atoms with van der Waals surface area (Å²) in [6.07, 6.45) is 0. The van der Waals surface area contributed by atoms with Gasteiger partial charge >= 0.3 is 0 Å². The molecular weight excluding hydrogens is 338 g/mol. The zero-order chi connectivity index (χ0) is 18.2. The molecule has 0 fully saturated rings. The van der Waals surface area contributed by atoms with Crippen LogP contribution in [0, 0.1) is 0 Å². The molecule has 25 heavy (non-hydrogen) atoms. The van der Waals surface area contributed by atoms with Crippen LogP contribution in [0.4, 0.5) is 11.4 Å². The molecule has 2 aromatic rings. The summed E-state index contributed by atoms with van der Waals surface area (Å²) in [6, 6.07) is 13.7. The van der Waals surface area contributed by atoms with Crippen LogP contribution < -0.4 is 16.0 Å². The molecule has 3 N–H and O–H groups in total. The Hall–Kier alpha value is -2.80. The molecule has 0 radical (unpaired) electrons. The summed E-state index contributed by atoms with van der Waals surface area (Å²) in [5.74, 6) is -1.34. The molecule has 2 aromatic carbocycles. The number of nitrogens with zero attached hydrogens (tertiary/aromatic N) is 1. The molecule has 0 aliphatic carbocycles. The molecule has 128 valence electrons. The topological polar surface area (TPSA) is 92.5 Å². The molecule has 1 aliphatic rings. The predicted molar refractivity (Wildman–Crippen MR) is 97.7 cm³/mol. The Kier molecular flexibility index (Phi) is 4.26. The minimum absolute atomic E-state index is 0.285. The Labute approximate surface area is 149 Å². The highest BCUT2D eigenvalue weighted by Gasteiger charge is 2.48. The number of benzene rings is 2. The number of hydrogen-bond acceptors (Lipinski definition) is 4. The zero-order valence-corrected chi connectivity index (χ0v) is 14.6. The van der Waals surface area contributed by atoms with Gasteiger partial charge in [-0.3, -0.25) is 14.4 Å². The number of carbonyl (C=O) groups is 3. The third-order valence-electron chi connectivity index (χ3n) is 4.09. The minimum atomic E-state index is -1.31. The van der Waals surface area contributed by atoms with Crippen molar-refractivity contribution >= 4 is 40.9 Å². The first-order valence-corrected chi connectivity index (χ1v) is 8.42. The van der Waals surface area contributed by atoms with Gasteiger partial charge in [0.05, 0.1) is 5.69 Å². The van der Waals surface area contributed by atoms with Gasteiger partial charge in [-0.05, 0) is 37.3 Å². The van der Waals surface area contributed by atoms with Crippen molar-refractivity contribution in [1.82, 2.24) is 0 Å². The fourth-order valence-electron chi connectivity index (χ4n) is 2.66. The lowest BCUT2D eigenvalue weighted by atomic mass is 10.1. The number of nitrogens with two attached hydrogens (primary N) is 1. The summed E-state index contributed by atoms with van der Waals surface area (Å²) < 4.78 is -1.31. The largest absolute Gasteiger partial charge is 0.366 e. The van der Waals surface area contributed by atoms with Crippen molar-refractivity contribution in [2.75, 3.05) is 17.3 Å². The molecular formula is C18H17N3O3S. The molecule has 6 nitrogen and oxygen atoms in total. The summed E-state index contributed by atoms with van der Waals surface area (Å²) in [7, 11) is 1.65. The van der Waals surface area contributed by atoms with Gasteiger partial charge in [0.25, 0.3) is 5.91 Å². The molecule has 0 saturated heterocycles. The molecule has 3 rings (SSSR count). The average Bonchev–Trinajstić information content (AvgIpc) is 2.60. The van der Waals surface area contributed by atoms with E-state index in [2.05, 4.69) is 5.32 Å². The first-order valence-electron chi connectivity index (χ1n) is 7.60. The number of primary amides is 1. The number of nitrogens with one attached hydrogen (secondary N) is 1. The second-order valence-electron chi connectivity index (χ2n) is 5.87. The number of amides is 3. The number of para-hydroxylation sites is 1. The fourth-order valence-corrected chi connectivity index (χ4v) is 3.92. The molecule has 1 unspecified atom stereocenters. The zero-order valence-electron chi connectivity index (χ0n) is 13.8. The summed E-state index contributed by atoms with van der Waals surface area (Å²) >= 11 is 1.21. The van der Waals surface area contributed by atoms with E-state index in [1.54, 1.807) is 32.2 Å². The minimum Gasteiger partial charge on any atom is -0.366 e. The average molecular weight is 355 g/mol. The molecule has 1 atom stereocenters. The standard InChI is InChI=1S/C18H17N3O3S/c1-18(16(23)20-12-7-5-6-11(10-12)15(19)22)17(24)21(2)13-8-3-4-9-14(13)25-18/h3-10H,1-2H3,(H2,19,22)(H,20,23). The van der Waals surface area contributed by atoms with Gasteiger partial charge in [-0.15, -0.1) is 0 Å². The highest BCUT2D eigenvalue weighted by Crippen LogP contribution is 2.45. The second kappa shape index (κ2) is 6.25. The Morgan fingerprint density at radius 3 is 2.60 bits per heavy atom. The van der Waals surface area contributed by atoms with Crippen LogP contribution in [0.3, 0.4) is 0 Å². The van der Waals surface area contributed by atoms with Crippen molar-refractivity contribution in [2.24, 2.45) is 5.73 Å². The molecule has 0 bridgehead atoms. The van der Waals surface area contributed by atoms with Crippen LogP contribution in [-0.4, -0.2) is 29.5 Å². The van der Waals surface area contributed by atoms with Gasteiger partial charge in [0.1, 0.15) is 0 Å². The molecule has 7 heteroatoms. The van der Waals surface area contributed by atoms with E-state index in [1.807, 2.05) is 24.3 Å². The smallest absolute Gasteiger partial charge is 0.252 e. The van der Waals surface area contributed by atoms with E-state index in [0.717, 1.165) is 10.6 Å². The predicted octanol–water partition coefficient (Wildman–Crippen LogP) is 2.25. The Balaban J connectivity index is 1.90. The molecule has 0 spiro atoms. The lowest BCUT2D eigenvalue weighted by Gasteiger charge is -2.36. The number of hydrogen-bond donors (Lipinski definition) is 2. The van der Waals surface area contributed by atoms with Crippen molar-refractivity contribution in [3.05, 3.63) is 54.1 Å². The third-order valence-corrected chi connectivity index (χ3v) is 5.43. The van der Waals surface area contributed by atoms with Crippen LogP contribution in [0.2, 0.25) is 0 Å². The molecule has 1 aliphatic heterocycles. The number of fused-ring (bicyclic) bond motifs is 1. The van der Waals surface area contributed by atoms with Crippen molar-refractivity contribution in [2.45, 2.75) is 16.6 Å². The van der Waals surface area contributed by atoms with Gasteiger partial charge in [0.15, 0.2) is 4.75 Å². The maximum Gasteiger partial charge on any atom is 0.252 e. The number of thioether (sulfide) groups is 1. The van der Waals surface area contributed by atoms with Crippen molar-refractivity contribution in [3.8, 4) is 0 Å². The first-order chi connectivity index (χ1) is 11.8. The van der Waals surface area contributed by atoms with E-state index in [0.29, 0.717) is 5.69 Å². The lowest BCUT2D eigenvalue weighted by Crippen LogP contribution is -2.53. The van der Waals surface area contributed by atoms with Crippen LogP contribution in [0.5, 0.6) is 0 Å². The van der Waals surface area contributed by atoms with E-state index in [4.69, 9.17) is 5.73 Å². The lowest BCUT2D eigenvalue weighted by molar-refractivity contribution is -0.128. The van der Waals surface area contributed by atoms with Gasteiger partial charge in [-0.1, -0.05) is 30.0 Å². The molecule has 3 amide bonds. The number of carbonyl (C=O) groups excluding carboxylic acids is 3. The summed E-state index contributed by atoms with van der Waals surface area (Å²) in [5.41, 5.74) is 6.73. The Morgan fingerprint density at radius 2 is 1.88 bits per heavy atom. The van der Waals surface area contributed by atoms with Gasteiger partial charge in [0, 0.05) is 23.2 Å². The van der Waals surface area contributed by atoms with Crippen molar-refractivity contribution < 1.29 is 14.4 Å². The first kappa shape index (κ1) is 17.0. The molecule has 0 aromatic heterocycles. The van der Waals surface area contributed by atoms with Gasteiger partial charge < -0.3 is 16.0 Å². The number of anilines is 2. The van der Waals surface area contributed by atoms with Crippen LogP contribution in [-0.2, 0) is 9.59 Å². The Bertz CT molecular complexity index is 883. The fraction of sp³-hybridized carbons (Fsp3) is 0.167. The van der Waals surface area contributed by atoms with Crippen LogP contribution in [0.1, 0.15) is 17.3 Å². The second-order valence-corrected chi connectivity index (χ2v) is 7.33. The van der Waals surface area contributed by atoms with Crippen LogP contribution in [0.15, 0.2) is 53.4 Å². The van der Waals surface area contributed by atoms with Crippen LogP contribution in [0.25, 0.3) is 0 Å². The molecule has 1 heterocycles. The highest BCUT2D eigenvalue weighted by atomic mass is 32.2. The van der Waals surface area contributed by atoms with Gasteiger partial charge in [-0.2, -0.15) is 0 Å². The van der Waals surface area contributed by atoms with Crippen LogP contribution >= 0.6 is 11.8 Å². The van der Waals surface area contributed by atoms with E-state index in [-0.39, 0.29) is 11.5 Å². The maximum atomic E-state index is 12.8. The van der Waals surface area contributed by atoms with E-state index in [9.17, 15) is 14.4 Å². The van der Waals surface area contributed by atoms with Crippen molar-refractivity contribution in [1.29, 1.82) is 0 Å². The maximum absolute atomic E-state index is 12.8. The van der Waals surface area contributed by atoms with E-state index >= 15 is 0 Å². The highest BCUT2D eigenvalue weighted by molar-refractivity contribution is 8.02. The van der Waals surface area contributed by atoms with Crippen molar-refractivity contribution in [3.63, 3.8) is 0 Å². The van der Waals surface area contributed by atoms with E-state index < -0.39 is 16.6 Å². The normalized spacial score (nSPS) is 19.3. The summed E-state index contributed by atoms with van der Waals surface area (Å²) in [5, 5.41) is 2.71. The van der Waals surface area contributed by atoms with Gasteiger partial charge in [-0.25, -0.2) is 0 Å². The Morgan fingerprint density at radius 1 is 1.16 bits per heavy atom. The summed E-state index contributed by atoms with van der Waals surface area (Å²) in [6.45, 7) is 1.60. The monoisotopic (exact) mass is 355 g/mol. The SMILES string of the molecule is CN1C(=O)C(C)(C(=O)Nc2cccc(C(N)=O)c2)Sc2ccccc21. The quantitative estimate of drug-likeness (QED) is 0.826. The molecule has 0 saturated carbocycles. The number of rotatable bonds is 3. The summed E-state index contributed by atoms with van der Waals surface area (Å²) in [4.78, 5) is 39.3. The third kappa shape index (κ3) is 2.98. The van der Waals surface area contributed by atoms with Gasteiger partial charge in [0.2, 0.25) is 11.8 Å². The van der Waals surface area contributed by atoms with E-state index in [1.165, 1.54) is 22.7 Å².